The number of amides is 1. The van der Waals surface area contributed by atoms with Gasteiger partial charge in [0.2, 0.25) is 0 Å². The number of ether oxygens (including phenoxy) is 2. The Labute approximate surface area is 164 Å². The molecule has 0 bridgehead atoms. The van der Waals surface area contributed by atoms with Gasteiger partial charge >= 0.3 is 0 Å². The van der Waals surface area contributed by atoms with Crippen molar-refractivity contribution >= 4 is 11.6 Å². The molecule has 1 aromatic rings. The third-order valence-electron chi connectivity index (χ3n) is 4.14. The lowest BCUT2D eigenvalue weighted by Gasteiger charge is -2.35. The summed E-state index contributed by atoms with van der Waals surface area (Å²) in [5, 5.41) is 12.4. The molecule has 0 aromatic heterocycles. The van der Waals surface area contributed by atoms with E-state index >= 15 is 0 Å². The standard InChI is InChI=1S/C22H34N2O3/c1-7-11-26-19-9-10-20(18(12-19)15-23)24-21(25)22(27-8-2,13-16(3)4)14-17(5)6/h9-10,12,16-17H,7-8,11,13-14H2,1-6H3,(H,24,25). The van der Waals surface area contributed by atoms with E-state index in [0.717, 1.165) is 6.42 Å². The number of hydrogen-bond acceptors (Lipinski definition) is 4. The lowest BCUT2D eigenvalue weighted by Crippen LogP contribution is -2.47. The van der Waals surface area contributed by atoms with E-state index in [1.165, 1.54) is 0 Å². The molecule has 1 rings (SSSR count). The van der Waals surface area contributed by atoms with Crippen LogP contribution in [0.25, 0.3) is 0 Å². The topological polar surface area (TPSA) is 71.3 Å². The first kappa shape index (κ1) is 23.0. The molecule has 5 nitrogen and oxygen atoms in total. The number of anilines is 1. The van der Waals surface area contributed by atoms with E-state index in [9.17, 15) is 10.1 Å². The van der Waals surface area contributed by atoms with Crippen LogP contribution in [0.3, 0.4) is 0 Å². The monoisotopic (exact) mass is 374 g/mol. The highest BCUT2D eigenvalue weighted by molar-refractivity contribution is 5.98. The molecule has 1 amide bonds. The fourth-order valence-corrected chi connectivity index (χ4v) is 3.32. The average Bonchev–Trinajstić information content (AvgIpc) is 2.59. The third kappa shape index (κ3) is 6.88. The van der Waals surface area contributed by atoms with Crippen LogP contribution in [0.5, 0.6) is 5.75 Å². The molecule has 0 spiro atoms. The van der Waals surface area contributed by atoms with Crippen molar-refractivity contribution in [2.45, 2.75) is 66.4 Å². The quantitative estimate of drug-likeness (QED) is 0.581. The number of hydrogen-bond donors (Lipinski definition) is 1. The summed E-state index contributed by atoms with van der Waals surface area (Å²) in [6.07, 6.45) is 2.15. The summed E-state index contributed by atoms with van der Waals surface area (Å²) in [6.45, 7) is 13.3. The van der Waals surface area contributed by atoms with Crippen LogP contribution in [-0.4, -0.2) is 24.7 Å². The Morgan fingerprint density at radius 1 is 1.19 bits per heavy atom. The molecule has 0 saturated heterocycles. The van der Waals surface area contributed by atoms with Gasteiger partial charge in [-0.05, 0) is 56.2 Å². The van der Waals surface area contributed by atoms with Gasteiger partial charge in [0, 0.05) is 6.61 Å². The summed E-state index contributed by atoms with van der Waals surface area (Å²) < 4.78 is 11.6. The van der Waals surface area contributed by atoms with Gasteiger partial charge in [0.15, 0.2) is 0 Å². The summed E-state index contributed by atoms with van der Waals surface area (Å²) in [4.78, 5) is 13.2. The fourth-order valence-electron chi connectivity index (χ4n) is 3.32. The normalized spacial score (nSPS) is 11.5. The minimum atomic E-state index is -0.902. The predicted molar refractivity (Wildman–Crippen MR) is 109 cm³/mol. The molecule has 0 unspecified atom stereocenters. The lowest BCUT2D eigenvalue weighted by molar-refractivity contribution is -0.146. The molecule has 150 valence electrons. The van der Waals surface area contributed by atoms with Gasteiger partial charge < -0.3 is 14.8 Å². The SMILES string of the molecule is CCCOc1ccc(NC(=O)C(CC(C)C)(CC(C)C)OCC)c(C#N)c1. The number of nitriles is 1. The maximum absolute atomic E-state index is 13.2. The molecule has 0 atom stereocenters. The number of carbonyl (C=O) groups is 1. The van der Waals surface area contributed by atoms with Gasteiger partial charge in [-0.3, -0.25) is 4.79 Å². The van der Waals surface area contributed by atoms with Crippen molar-refractivity contribution in [3.8, 4) is 11.8 Å². The molecule has 27 heavy (non-hydrogen) atoms. The second-order valence-corrected chi connectivity index (χ2v) is 7.75. The highest BCUT2D eigenvalue weighted by Gasteiger charge is 2.40. The summed E-state index contributed by atoms with van der Waals surface area (Å²) in [6, 6.07) is 7.31. The van der Waals surface area contributed by atoms with Gasteiger partial charge in [-0.1, -0.05) is 34.6 Å². The Kier molecular flexibility index (Phi) is 9.31. The molecule has 5 heteroatoms. The van der Waals surface area contributed by atoms with Crippen molar-refractivity contribution in [1.82, 2.24) is 0 Å². The van der Waals surface area contributed by atoms with Crippen molar-refractivity contribution in [1.29, 1.82) is 5.26 Å². The van der Waals surface area contributed by atoms with E-state index in [1.54, 1.807) is 18.2 Å². The van der Waals surface area contributed by atoms with E-state index in [-0.39, 0.29) is 5.91 Å². The second-order valence-electron chi connectivity index (χ2n) is 7.75. The second kappa shape index (κ2) is 10.9. The number of nitrogens with zero attached hydrogens (tertiary/aromatic N) is 1. The molecule has 1 aromatic carbocycles. The molecule has 0 radical (unpaired) electrons. The van der Waals surface area contributed by atoms with Crippen molar-refractivity contribution in [3.63, 3.8) is 0 Å². The van der Waals surface area contributed by atoms with Crippen LogP contribution < -0.4 is 10.1 Å². The first-order chi connectivity index (χ1) is 12.8. The summed E-state index contributed by atoms with van der Waals surface area (Å²) in [5.74, 6) is 1.06. The molecule has 0 saturated carbocycles. The first-order valence-corrected chi connectivity index (χ1v) is 9.90. The van der Waals surface area contributed by atoms with E-state index in [4.69, 9.17) is 9.47 Å². The van der Waals surface area contributed by atoms with Gasteiger partial charge in [-0.15, -0.1) is 0 Å². The zero-order valence-electron chi connectivity index (χ0n) is 17.6. The largest absolute Gasteiger partial charge is 0.494 e. The zero-order valence-corrected chi connectivity index (χ0v) is 17.6. The van der Waals surface area contributed by atoms with Crippen molar-refractivity contribution in [3.05, 3.63) is 23.8 Å². The Hall–Kier alpha value is -2.06. The van der Waals surface area contributed by atoms with Gasteiger partial charge in [0.25, 0.3) is 5.91 Å². The van der Waals surface area contributed by atoms with Crippen LogP contribution in [0.4, 0.5) is 5.69 Å². The highest BCUT2D eigenvalue weighted by Crippen LogP contribution is 2.32. The molecule has 0 heterocycles. The number of nitrogens with one attached hydrogen (secondary N) is 1. The average molecular weight is 375 g/mol. The van der Waals surface area contributed by atoms with Crippen LogP contribution in [-0.2, 0) is 9.53 Å². The molecule has 0 aliphatic rings. The summed E-state index contributed by atoms with van der Waals surface area (Å²) in [7, 11) is 0. The molecule has 0 fully saturated rings. The number of carbonyl (C=O) groups excluding carboxylic acids is 1. The predicted octanol–water partition coefficient (Wildman–Crippen LogP) is 5.15. The first-order valence-electron chi connectivity index (χ1n) is 9.90. The smallest absolute Gasteiger partial charge is 0.256 e. The molecule has 0 aliphatic carbocycles. The van der Waals surface area contributed by atoms with Gasteiger partial charge in [0.05, 0.1) is 17.9 Å². The summed E-state index contributed by atoms with van der Waals surface area (Å²) in [5.41, 5.74) is -0.0272. The van der Waals surface area contributed by atoms with Crippen molar-refractivity contribution in [2.24, 2.45) is 11.8 Å². The fraction of sp³-hybridized carbons (Fsp3) is 0.636. The Morgan fingerprint density at radius 2 is 1.81 bits per heavy atom. The molecular weight excluding hydrogens is 340 g/mol. The van der Waals surface area contributed by atoms with Crippen LogP contribution in [0.2, 0.25) is 0 Å². The van der Waals surface area contributed by atoms with Crippen molar-refractivity contribution in [2.75, 3.05) is 18.5 Å². The van der Waals surface area contributed by atoms with Gasteiger partial charge in [-0.25, -0.2) is 0 Å². The van der Waals surface area contributed by atoms with Gasteiger partial charge in [-0.2, -0.15) is 5.26 Å². The minimum Gasteiger partial charge on any atom is -0.494 e. The Bertz CT molecular complexity index is 637. The Balaban J connectivity index is 3.14. The maximum atomic E-state index is 13.2. The molecular formula is C22H34N2O3. The zero-order chi connectivity index (χ0) is 20.4. The third-order valence-corrected chi connectivity index (χ3v) is 4.14. The number of benzene rings is 1. The number of rotatable bonds is 11. The van der Waals surface area contributed by atoms with E-state index in [0.29, 0.717) is 54.9 Å². The molecule has 0 aliphatic heterocycles. The van der Waals surface area contributed by atoms with E-state index in [2.05, 4.69) is 39.1 Å². The highest BCUT2D eigenvalue weighted by atomic mass is 16.5. The molecule has 1 N–H and O–H groups in total. The van der Waals surface area contributed by atoms with Crippen LogP contribution in [0.1, 0.15) is 66.4 Å². The van der Waals surface area contributed by atoms with E-state index < -0.39 is 5.60 Å². The lowest BCUT2D eigenvalue weighted by atomic mass is 9.83. The van der Waals surface area contributed by atoms with Crippen LogP contribution in [0.15, 0.2) is 18.2 Å². The van der Waals surface area contributed by atoms with Crippen molar-refractivity contribution < 1.29 is 14.3 Å². The summed E-state index contributed by atoms with van der Waals surface area (Å²) >= 11 is 0. The van der Waals surface area contributed by atoms with Crippen LogP contribution in [0, 0.1) is 23.2 Å². The Morgan fingerprint density at radius 3 is 2.30 bits per heavy atom. The van der Waals surface area contributed by atoms with Gasteiger partial charge in [0.1, 0.15) is 17.4 Å². The van der Waals surface area contributed by atoms with Crippen LogP contribution >= 0.6 is 0 Å². The maximum Gasteiger partial charge on any atom is 0.256 e. The minimum absolute atomic E-state index is 0.189. The van der Waals surface area contributed by atoms with E-state index in [1.807, 2.05) is 13.8 Å².